The number of carbonyl (C=O) groups excluding carboxylic acids is 2. The Morgan fingerprint density at radius 3 is 2.70 bits per heavy atom. The summed E-state index contributed by atoms with van der Waals surface area (Å²) in [5, 5.41) is 2.83. The molecule has 1 aliphatic carbocycles. The first-order chi connectivity index (χ1) is 11.2. The highest BCUT2D eigenvalue weighted by Crippen LogP contribution is 2.22. The van der Waals surface area contributed by atoms with E-state index in [1.165, 1.54) is 24.0 Å². The first kappa shape index (κ1) is 17.7. The molecule has 126 valence electrons. The Morgan fingerprint density at radius 1 is 1.13 bits per heavy atom. The molecule has 0 saturated carbocycles. The van der Waals surface area contributed by atoms with Crippen molar-refractivity contribution in [1.82, 2.24) is 5.32 Å². The number of aryl methyl sites for hydroxylation is 2. The molecule has 0 unspecified atom stereocenters. The number of hydrogen-bond acceptors (Lipinski definition) is 3. The third-order valence-electron chi connectivity index (χ3n) is 4.24. The van der Waals surface area contributed by atoms with E-state index in [0.717, 1.165) is 24.8 Å². The van der Waals surface area contributed by atoms with E-state index >= 15 is 0 Å². The minimum absolute atomic E-state index is 0.0582. The van der Waals surface area contributed by atoms with Gasteiger partial charge < -0.3 is 10.1 Å². The lowest BCUT2D eigenvalue weighted by atomic mass is 9.89. The van der Waals surface area contributed by atoms with Gasteiger partial charge in [-0.25, -0.2) is 0 Å². The molecule has 0 aliphatic heterocycles. The summed E-state index contributed by atoms with van der Waals surface area (Å²) >= 11 is 0. The number of fused-ring (bicyclic) bond motifs is 1. The van der Waals surface area contributed by atoms with Crippen molar-refractivity contribution < 1.29 is 14.3 Å². The molecule has 0 atom stereocenters. The van der Waals surface area contributed by atoms with Crippen molar-refractivity contribution in [2.24, 2.45) is 0 Å². The van der Waals surface area contributed by atoms with Gasteiger partial charge in [0.2, 0.25) is 5.91 Å². The van der Waals surface area contributed by atoms with Crippen LogP contribution in [0.25, 0.3) is 0 Å². The molecule has 0 aromatic heterocycles. The highest BCUT2D eigenvalue weighted by molar-refractivity contribution is 5.98. The van der Waals surface area contributed by atoms with Crippen molar-refractivity contribution in [2.75, 3.05) is 19.8 Å². The first-order valence-electron chi connectivity index (χ1n) is 8.70. The third kappa shape index (κ3) is 5.79. The van der Waals surface area contributed by atoms with E-state index < -0.39 is 0 Å². The minimum atomic E-state index is -0.0622. The maximum atomic E-state index is 12.3. The monoisotopic (exact) mass is 317 g/mol. The molecular formula is C19H27NO3. The summed E-state index contributed by atoms with van der Waals surface area (Å²) in [5.74, 6) is -0.00403. The van der Waals surface area contributed by atoms with Crippen LogP contribution in [0.1, 0.15) is 60.5 Å². The Morgan fingerprint density at radius 2 is 1.91 bits per heavy atom. The lowest BCUT2D eigenvalue weighted by molar-refractivity contribution is -0.121. The fraction of sp³-hybridized carbons (Fsp3) is 0.579. The largest absolute Gasteiger partial charge is 0.382 e. The van der Waals surface area contributed by atoms with Crippen molar-refractivity contribution in [3.63, 3.8) is 0 Å². The van der Waals surface area contributed by atoms with E-state index in [1.807, 2.05) is 19.1 Å². The molecule has 0 bridgehead atoms. The smallest absolute Gasteiger partial charge is 0.220 e. The second-order valence-electron chi connectivity index (χ2n) is 6.01. The van der Waals surface area contributed by atoms with Crippen LogP contribution in [0.15, 0.2) is 18.2 Å². The van der Waals surface area contributed by atoms with Crippen molar-refractivity contribution in [1.29, 1.82) is 0 Å². The molecule has 2 rings (SSSR count). The first-order valence-corrected chi connectivity index (χ1v) is 8.70. The Balaban J connectivity index is 1.73. The van der Waals surface area contributed by atoms with Gasteiger partial charge in [-0.2, -0.15) is 0 Å². The number of benzene rings is 1. The average molecular weight is 317 g/mol. The van der Waals surface area contributed by atoms with Gasteiger partial charge in [0.1, 0.15) is 0 Å². The van der Waals surface area contributed by atoms with Gasteiger partial charge in [-0.1, -0.05) is 12.1 Å². The van der Waals surface area contributed by atoms with Gasteiger partial charge in [0.25, 0.3) is 0 Å². The zero-order valence-electron chi connectivity index (χ0n) is 14.0. The predicted octanol–water partition coefficient (Wildman–Crippen LogP) is 3.07. The summed E-state index contributed by atoms with van der Waals surface area (Å²) < 4.78 is 5.21. The number of nitrogens with one attached hydrogen (secondary N) is 1. The van der Waals surface area contributed by atoms with Crippen LogP contribution in [0.5, 0.6) is 0 Å². The van der Waals surface area contributed by atoms with Crippen LogP contribution in [0.2, 0.25) is 0 Å². The van der Waals surface area contributed by atoms with Crippen molar-refractivity contribution >= 4 is 11.7 Å². The van der Waals surface area contributed by atoms with Crippen LogP contribution in [0.4, 0.5) is 0 Å². The highest BCUT2D eigenvalue weighted by atomic mass is 16.5. The van der Waals surface area contributed by atoms with Crippen LogP contribution in [0.3, 0.4) is 0 Å². The van der Waals surface area contributed by atoms with E-state index in [-0.39, 0.29) is 24.5 Å². The number of carbonyl (C=O) groups is 2. The molecule has 0 spiro atoms. The normalized spacial score (nSPS) is 13.4. The molecule has 0 saturated heterocycles. The molecule has 1 amide bonds. The number of Topliss-reactive ketones (excluding diaryl/α,β-unsaturated/α-hetero) is 1. The van der Waals surface area contributed by atoms with Crippen LogP contribution >= 0.6 is 0 Å². The lowest BCUT2D eigenvalue weighted by Gasteiger charge is -2.16. The quantitative estimate of drug-likeness (QED) is 0.562. The zero-order valence-corrected chi connectivity index (χ0v) is 14.0. The molecule has 1 N–H and O–H groups in total. The van der Waals surface area contributed by atoms with Crippen LogP contribution in [-0.4, -0.2) is 31.4 Å². The molecule has 0 heterocycles. The van der Waals surface area contributed by atoms with Gasteiger partial charge in [-0.15, -0.1) is 0 Å². The molecule has 4 heteroatoms. The number of hydrogen-bond donors (Lipinski definition) is 1. The fourth-order valence-corrected chi connectivity index (χ4v) is 2.91. The Labute approximate surface area is 138 Å². The minimum Gasteiger partial charge on any atom is -0.382 e. The molecule has 23 heavy (non-hydrogen) atoms. The molecule has 0 radical (unpaired) electrons. The van der Waals surface area contributed by atoms with Gasteiger partial charge in [-0.05, 0) is 56.2 Å². The number of amides is 1. The Kier molecular flexibility index (Phi) is 7.27. The summed E-state index contributed by atoms with van der Waals surface area (Å²) in [7, 11) is 0. The second kappa shape index (κ2) is 9.46. The molecule has 1 aliphatic rings. The van der Waals surface area contributed by atoms with E-state index in [4.69, 9.17) is 4.74 Å². The summed E-state index contributed by atoms with van der Waals surface area (Å²) in [6.07, 6.45) is 5.96. The van der Waals surface area contributed by atoms with Gasteiger partial charge in [-0.3, -0.25) is 9.59 Å². The van der Waals surface area contributed by atoms with Crippen molar-refractivity contribution in [2.45, 2.75) is 51.9 Å². The molecular weight excluding hydrogens is 290 g/mol. The standard InChI is InChI=1S/C19H27NO3/c1-2-23-13-5-12-20-19(22)11-10-18(21)17-9-8-15-6-3-4-7-16(15)14-17/h8-9,14H,2-7,10-13H2,1H3,(H,20,22). The maximum Gasteiger partial charge on any atom is 0.220 e. The fourth-order valence-electron chi connectivity index (χ4n) is 2.91. The Bertz CT molecular complexity index is 539. The van der Waals surface area contributed by atoms with Crippen LogP contribution < -0.4 is 5.32 Å². The summed E-state index contributed by atoms with van der Waals surface area (Å²) in [6, 6.07) is 6.01. The molecule has 1 aromatic carbocycles. The molecule has 0 fully saturated rings. The third-order valence-corrected chi connectivity index (χ3v) is 4.24. The van der Waals surface area contributed by atoms with Gasteiger partial charge >= 0.3 is 0 Å². The SMILES string of the molecule is CCOCCCNC(=O)CCC(=O)c1ccc2c(c1)CCCC2. The lowest BCUT2D eigenvalue weighted by Crippen LogP contribution is -2.25. The summed E-state index contributed by atoms with van der Waals surface area (Å²) in [5.41, 5.74) is 3.43. The van der Waals surface area contributed by atoms with Gasteiger partial charge in [0, 0.05) is 38.2 Å². The van der Waals surface area contributed by atoms with Gasteiger partial charge in [0.05, 0.1) is 0 Å². The van der Waals surface area contributed by atoms with Crippen molar-refractivity contribution in [3.05, 3.63) is 34.9 Å². The zero-order chi connectivity index (χ0) is 16.5. The van der Waals surface area contributed by atoms with E-state index in [9.17, 15) is 9.59 Å². The summed E-state index contributed by atoms with van der Waals surface area (Å²) in [4.78, 5) is 24.0. The summed E-state index contributed by atoms with van der Waals surface area (Å²) in [6.45, 7) is 3.91. The number of rotatable bonds is 9. The molecule has 4 nitrogen and oxygen atoms in total. The predicted molar refractivity (Wildman–Crippen MR) is 90.8 cm³/mol. The second-order valence-corrected chi connectivity index (χ2v) is 6.01. The van der Waals surface area contributed by atoms with Crippen LogP contribution in [-0.2, 0) is 22.4 Å². The highest BCUT2D eigenvalue weighted by Gasteiger charge is 2.13. The number of ketones is 1. The van der Waals surface area contributed by atoms with Crippen LogP contribution in [0, 0.1) is 0 Å². The Hall–Kier alpha value is -1.68. The van der Waals surface area contributed by atoms with E-state index in [0.29, 0.717) is 19.8 Å². The van der Waals surface area contributed by atoms with E-state index in [2.05, 4.69) is 11.4 Å². The van der Waals surface area contributed by atoms with Gasteiger partial charge in [0.15, 0.2) is 5.78 Å². The molecule has 1 aromatic rings. The van der Waals surface area contributed by atoms with E-state index in [1.54, 1.807) is 0 Å². The topological polar surface area (TPSA) is 55.4 Å². The average Bonchev–Trinajstić information content (AvgIpc) is 2.59. The maximum absolute atomic E-state index is 12.3. The van der Waals surface area contributed by atoms with Crippen molar-refractivity contribution in [3.8, 4) is 0 Å². The number of ether oxygens (including phenoxy) is 1.